The molecule has 0 heterocycles. The molecule has 0 saturated heterocycles. The van der Waals surface area contributed by atoms with Gasteiger partial charge in [-0.05, 0) is 49.1 Å². The van der Waals surface area contributed by atoms with Gasteiger partial charge >= 0.3 is 6.18 Å². The molecule has 2 aromatic rings. The van der Waals surface area contributed by atoms with Crippen molar-refractivity contribution in [3.05, 3.63) is 58.7 Å². The summed E-state index contributed by atoms with van der Waals surface area (Å²) in [6.45, 7) is 4.01. The molecule has 0 saturated carbocycles. The molecule has 10 heteroatoms. The Bertz CT molecular complexity index is 999. The lowest BCUT2D eigenvalue weighted by molar-refractivity contribution is -0.149. The smallest absolute Gasteiger partial charge is 0.370 e. The van der Waals surface area contributed by atoms with Gasteiger partial charge in [0.05, 0.1) is 10.6 Å². The lowest BCUT2D eigenvalue weighted by atomic mass is 10.1. The Morgan fingerprint density at radius 1 is 1.07 bits per heavy atom. The minimum Gasteiger partial charge on any atom is -0.370 e. The van der Waals surface area contributed by atoms with Crippen molar-refractivity contribution in [2.24, 2.45) is 0 Å². The van der Waals surface area contributed by atoms with Crippen molar-refractivity contribution in [1.82, 2.24) is 4.72 Å². The van der Waals surface area contributed by atoms with Gasteiger partial charge in [-0.1, -0.05) is 19.1 Å². The molecule has 2 rings (SSSR count). The largest absolute Gasteiger partial charge is 0.406 e. The fraction of sp³-hybridized carbons (Fsp3) is 0.400. The topological polar surface area (TPSA) is 49.4 Å². The maximum Gasteiger partial charge on any atom is 0.406 e. The Labute approximate surface area is 172 Å². The Hall–Kier alpha value is -2.20. The fourth-order valence-corrected chi connectivity index (χ4v) is 4.95. The van der Waals surface area contributed by atoms with E-state index >= 15 is 0 Å². The Morgan fingerprint density at radius 3 is 2.10 bits per heavy atom. The molecule has 1 atom stereocenters. The Morgan fingerprint density at radius 2 is 1.63 bits per heavy atom. The van der Waals surface area contributed by atoms with Crippen LogP contribution in [0, 0.1) is 25.5 Å². The number of hydrogen-bond donors (Lipinski definition) is 1. The number of hydrogen-bond acceptors (Lipinski definition) is 3. The number of nitrogens with one attached hydrogen (secondary N) is 1. The Kier molecular flexibility index (Phi) is 7.13. The zero-order valence-corrected chi connectivity index (χ0v) is 17.8. The van der Waals surface area contributed by atoms with E-state index in [-0.39, 0.29) is 10.6 Å². The van der Waals surface area contributed by atoms with Crippen LogP contribution in [0.1, 0.15) is 23.6 Å². The van der Waals surface area contributed by atoms with E-state index in [2.05, 4.69) is 0 Å². The van der Waals surface area contributed by atoms with Crippen molar-refractivity contribution in [3.8, 4) is 0 Å². The van der Waals surface area contributed by atoms with E-state index in [4.69, 9.17) is 0 Å². The van der Waals surface area contributed by atoms with Crippen molar-refractivity contribution < 1.29 is 30.4 Å². The standard InChI is InChI=1S/C20H23F5N2O2S/c1-5-14-8-12(2)19(13(3)9-14)30(28,29)26-18(20(23,24)25)11-27(4)17-7-6-15(21)10-16(17)22/h6-10,18,26H,5,11H2,1-4H3. The molecule has 0 aliphatic heterocycles. The summed E-state index contributed by atoms with van der Waals surface area (Å²) in [5, 5.41) is 0. The molecule has 0 aliphatic rings. The van der Waals surface area contributed by atoms with Gasteiger partial charge in [0.1, 0.15) is 17.7 Å². The summed E-state index contributed by atoms with van der Waals surface area (Å²) < 4.78 is 95.2. The number of aryl methyl sites for hydroxylation is 3. The van der Waals surface area contributed by atoms with E-state index in [9.17, 15) is 30.4 Å². The van der Waals surface area contributed by atoms with Crippen molar-refractivity contribution in [1.29, 1.82) is 0 Å². The number of alkyl halides is 3. The quantitative estimate of drug-likeness (QED) is 0.633. The molecule has 0 spiro atoms. The van der Waals surface area contributed by atoms with Gasteiger partial charge < -0.3 is 4.90 Å². The van der Waals surface area contributed by atoms with Crippen molar-refractivity contribution in [3.63, 3.8) is 0 Å². The average Bonchev–Trinajstić information content (AvgIpc) is 2.58. The predicted octanol–water partition coefficient (Wildman–Crippen LogP) is 4.49. The number of nitrogens with zero attached hydrogens (tertiary/aromatic N) is 1. The third-order valence-corrected chi connectivity index (χ3v) is 6.44. The molecule has 1 N–H and O–H groups in total. The molecule has 30 heavy (non-hydrogen) atoms. The molecule has 0 aliphatic carbocycles. The van der Waals surface area contributed by atoms with Crippen LogP contribution in [0.25, 0.3) is 0 Å². The molecule has 2 aromatic carbocycles. The van der Waals surface area contributed by atoms with Crippen molar-refractivity contribution in [2.45, 2.75) is 44.3 Å². The second-order valence-electron chi connectivity index (χ2n) is 7.10. The van der Waals surface area contributed by atoms with Crippen LogP contribution < -0.4 is 9.62 Å². The van der Waals surface area contributed by atoms with E-state index in [0.717, 1.165) is 29.6 Å². The summed E-state index contributed by atoms with van der Waals surface area (Å²) in [5.41, 5.74) is 1.24. The van der Waals surface area contributed by atoms with Crippen LogP contribution in [0.3, 0.4) is 0 Å². The normalized spacial score (nSPS) is 13.4. The first-order valence-corrected chi connectivity index (χ1v) is 10.6. The molecular weight excluding hydrogens is 427 g/mol. The summed E-state index contributed by atoms with van der Waals surface area (Å²) in [5.74, 6) is -1.93. The number of likely N-dealkylation sites (N-methyl/N-ethyl adjacent to an activating group) is 1. The molecule has 0 fully saturated rings. The van der Waals surface area contributed by atoms with Gasteiger partial charge in [-0.25, -0.2) is 17.2 Å². The highest BCUT2D eigenvalue weighted by atomic mass is 32.2. The number of sulfonamides is 1. The van der Waals surface area contributed by atoms with E-state index < -0.39 is 40.4 Å². The fourth-order valence-electron chi connectivity index (χ4n) is 3.28. The maximum atomic E-state index is 13.9. The van der Waals surface area contributed by atoms with Crippen LogP contribution in [-0.2, 0) is 16.4 Å². The van der Waals surface area contributed by atoms with Crippen LogP contribution >= 0.6 is 0 Å². The third-order valence-electron chi connectivity index (χ3n) is 4.67. The van der Waals surface area contributed by atoms with Crippen LogP contribution in [0.4, 0.5) is 27.6 Å². The first-order valence-electron chi connectivity index (χ1n) is 9.11. The SMILES string of the molecule is CCc1cc(C)c(S(=O)(=O)NC(CN(C)c2ccc(F)cc2F)C(F)(F)F)c(C)c1. The van der Waals surface area contributed by atoms with Crippen molar-refractivity contribution >= 4 is 15.7 Å². The summed E-state index contributed by atoms with van der Waals surface area (Å²) in [4.78, 5) is 0.666. The molecule has 0 aromatic heterocycles. The number of benzene rings is 2. The number of anilines is 1. The molecule has 0 bridgehead atoms. The van der Waals surface area contributed by atoms with E-state index in [1.165, 1.54) is 13.8 Å². The Balaban J connectivity index is 2.37. The minimum atomic E-state index is -4.94. The van der Waals surface area contributed by atoms with Crippen LogP contribution in [0.2, 0.25) is 0 Å². The lowest BCUT2D eigenvalue weighted by Gasteiger charge is -2.28. The third kappa shape index (κ3) is 5.48. The highest BCUT2D eigenvalue weighted by molar-refractivity contribution is 7.89. The molecule has 0 amide bonds. The zero-order chi connectivity index (χ0) is 22.9. The summed E-state index contributed by atoms with van der Waals surface area (Å²) in [6.07, 6.45) is -4.29. The lowest BCUT2D eigenvalue weighted by Crippen LogP contribution is -2.51. The van der Waals surface area contributed by atoms with Crippen LogP contribution in [-0.4, -0.2) is 34.2 Å². The molecular formula is C20H23F5N2O2S. The predicted molar refractivity (Wildman–Crippen MR) is 105 cm³/mol. The number of halogens is 5. The van der Waals surface area contributed by atoms with Gasteiger partial charge in [-0.15, -0.1) is 0 Å². The maximum absolute atomic E-state index is 13.9. The van der Waals surface area contributed by atoms with E-state index in [0.29, 0.717) is 23.6 Å². The van der Waals surface area contributed by atoms with Crippen molar-refractivity contribution in [2.75, 3.05) is 18.5 Å². The van der Waals surface area contributed by atoms with Gasteiger partial charge in [-0.3, -0.25) is 0 Å². The summed E-state index contributed by atoms with van der Waals surface area (Å²) in [6, 6.07) is 3.16. The van der Waals surface area contributed by atoms with Gasteiger partial charge in [-0.2, -0.15) is 17.9 Å². The number of rotatable bonds is 7. The van der Waals surface area contributed by atoms with Gasteiger partial charge in [0.25, 0.3) is 0 Å². The van der Waals surface area contributed by atoms with Gasteiger partial charge in [0.15, 0.2) is 0 Å². The van der Waals surface area contributed by atoms with E-state index in [1.807, 2.05) is 6.92 Å². The van der Waals surface area contributed by atoms with E-state index in [1.54, 1.807) is 16.9 Å². The highest BCUT2D eigenvalue weighted by Crippen LogP contribution is 2.28. The minimum absolute atomic E-state index is 0.218. The highest BCUT2D eigenvalue weighted by Gasteiger charge is 2.43. The monoisotopic (exact) mass is 450 g/mol. The van der Waals surface area contributed by atoms with Gasteiger partial charge in [0, 0.05) is 19.7 Å². The molecule has 166 valence electrons. The zero-order valence-electron chi connectivity index (χ0n) is 16.9. The van der Waals surface area contributed by atoms with Gasteiger partial charge in [0.2, 0.25) is 10.0 Å². The second-order valence-corrected chi connectivity index (χ2v) is 8.75. The summed E-state index contributed by atoms with van der Waals surface area (Å²) >= 11 is 0. The average molecular weight is 450 g/mol. The van der Waals surface area contributed by atoms with Crippen LogP contribution in [0.15, 0.2) is 35.2 Å². The molecule has 1 unspecified atom stereocenters. The summed E-state index contributed by atoms with van der Waals surface area (Å²) in [7, 11) is -3.36. The first-order chi connectivity index (χ1) is 13.8. The second kappa shape index (κ2) is 8.89. The first kappa shape index (κ1) is 24.1. The molecule has 4 nitrogen and oxygen atoms in total. The van der Waals surface area contributed by atoms with Crippen LogP contribution in [0.5, 0.6) is 0 Å². The molecule has 0 radical (unpaired) electrons.